The van der Waals surface area contributed by atoms with E-state index in [4.69, 9.17) is 9.47 Å². The van der Waals surface area contributed by atoms with Crippen LogP contribution in [0.1, 0.15) is 40.8 Å². The van der Waals surface area contributed by atoms with E-state index < -0.39 is 12.1 Å². The van der Waals surface area contributed by atoms with Gasteiger partial charge in [0.25, 0.3) is 0 Å². The summed E-state index contributed by atoms with van der Waals surface area (Å²) in [7, 11) is 0. The molecule has 0 saturated heterocycles. The third-order valence-corrected chi connectivity index (χ3v) is 4.19. The largest absolute Gasteiger partial charge is 0.494 e. The van der Waals surface area contributed by atoms with Gasteiger partial charge in [-0.25, -0.2) is 4.79 Å². The average Bonchev–Trinajstić information content (AvgIpc) is 3.03. The Hall–Kier alpha value is -2.67. The van der Waals surface area contributed by atoms with Crippen LogP contribution in [0.2, 0.25) is 0 Å². The van der Waals surface area contributed by atoms with Crippen molar-refractivity contribution in [3.63, 3.8) is 0 Å². The third kappa shape index (κ3) is 5.15. The Labute approximate surface area is 149 Å². The minimum absolute atomic E-state index is 0.221. The number of ketones is 1. The molecule has 0 bridgehead atoms. The maximum atomic E-state index is 12.4. The van der Waals surface area contributed by atoms with Crippen molar-refractivity contribution < 1.29 is 23.9 Å². The number of benzene rings is 1. The Kier molecular flexibility index (Phi) is 6.30. The van der Waals surface area contributed by atoms with Crippen LogP contribution in [0.3, 0.4) is 0 Å². The van der Waals surface area contributed by atoms with Crippen LogP contribution in [0.25, 0.3) is 0 Å². The minimum atomic E-state index is -0.920. The fraction of sp³-hybridized carbons (Fsp3) is 0.278. The Morgan fingerprint density at radius 2 is 1.80 bits per heavy atom. The number of rotatable bonds is 7. The van der Waals surface area contributed by atoms with Crippen LogP contribution in [0.5, 0.6) is 5.75 Å². The summed E-state index contributed by atoms with van der Waals surface area (Å²) in [6.07, 6.45) is -0.920. The van der Waals surface area contributed by atoms with E-state index in [2.05, 4.69) is 5.32 Å². The fourth-order valence-corrected chi connectivity index (χ4v) is 2.91. The van der Waals surface area contributed by atoms with Gasteiger partial charge in [0.15, 0.2) is 6.10 Å². The number of carbonyl (C=O) groups is 3. The maximum Gasteiger partial charge on any atom is 0.349 e. The zero-order chi connectivity index (χ0) is 18.4. The van der Waals surface area contributed by atoms with E-state index in [-0.39, 0.29) is 11.7 Å². The molecule has 1 heterocycles. The third-order valence-electron chi connectivity index (χ3n) is 3.21. The minimum Gasteiger partial charge on any atom is -0.494 e. The van der Waals surface area contributed by atoms with Crippen molar-refractivity contribution in [3.05, 3.63) is 46.8 Å². The van der Waals surface area contributed by atoms with Gasteiger partial charge in [-0.3, -0.25) is 9.59 Å². The average molecular weight is 361 g/mol. The molecule has 0 unspecified atom stereocenters. The lowest BCUT2D eigenvalue weighted by Gasteiger charge is -2.12. The maximum absolute atomic E-state index is 12.4. The summed E-state index contributed by atoms with van der Waals surface area (Å²) in [6.45, 7) is 5.33. The highest BCUT2D eigenvalue weighted by Crippen LogP contribution is 2.23. The van der Waals surface area contributed by atoms with Gasteiger partial charge in [0.1, 0.15) is 10.6 Å². The molecule has 0 fully saturated rings. The van der Waals surface area contributed by atoms with E-state index >= 15 is 0 Å². The van der Waals surface area contributed by atoms with E-state index in [0.717, 1.165) is 11.3 Å². The summed E-state index contributed by atoms with van der Waals surface area (Å²) in [5.41, 5.74) is 0.439. The van der Waals surface area contributed by atoms with Gasteiger partial charge in [-0.15, -0.1) is 11.3 Å². The molecule has 132 valence electrons. The van der Waals surface area contributed by atoms with Crippen molar-refractivity contribution in [2.75, 3.05) is 11.9 Å². The lowest BCUT2D eigenvalue weighted by atomic mass is 10.1. The van der Waals surface area contributed by atoms with Crippen LogP contribution in [0.4, 0.5) is 5.00 Å². The molecule has 0 aliphatic heterocycles. The van der Waals surface area contributed by atoms with Crippen molar-refractivity contribution in [2.24, 2.45) is 0 Å². The normalized spacial score (nSPS) is 11.5. The van der Waals surface area contributed by atoms with E-state index in [1.54, 1.807) is 36.4 Å². The van der Waals surface area contributed by atoms with Crippen LogP contribution in [-0.2, 0) is 9.53 Å². The molecular weight excluding hydrogens is 342 g/mol. The molecule has 2 rings (SSSR count). The van der Waals surface area contributed by atoms with Crippen molar-refractivity contribution in [3.8, 4) is 5.75 Å². The van der Waals surface area contributed by atoms with Crippen LogP contribution >= 0.6 is 11.3 Å². The standard InChI is InChI=1S/C18H19NO5S/c1-4-23-14-7-5-13(6-8-14)17(21)11(2)24-18(22)15-9-10-16(25-15)19-12(3)20/h5-11H,4H2,1-3H3,(H,19,20)/t11-/m1/s1. The molecule has 1 atom stereocenters. The number of thiophene rings is 1. The molecule has 0 saturated carbocycles. The number of hydrogen-bond acceptors (Lipinski definition) is 6. The van der Waals surface area contributed by atoms with Gasteiger partial charge in [0.2, 0.25) is 11.7 Å². The number of Topliss-reactive ketones (excluding diaryl/α,β-unsaturated/α-hetero) is 1. The summed E-state index contributed by atoms with van der Waals surface area (Å²) >= 11 is 1.09. The van der Waals surface area contributed by atoms with Gasteiger partial charge in [-0.05, 0) is 50.2 Å². The van der Waals surface area contributed by atoms with Gasteiger partial charge >= 0.3 is 5.97 Å². The second-order valence-electron chi connectivity index (χ2n) is 5.21. The highest BCUT2D eigenvalue weighted by atomic mass is 32.1. The molecule has 2 aromatic rings. The zero-order valence-corrected chi connectivity index (χ0v) is 15.0. The lowest BCUT2D eigenvalue weighted by Crippen LogP contribution is -2.24. The van der Waals surface area contributed by atoms with Gasteiger partial charge in [0, 0.05) is 12.5 Å². The van der Waals surface area contributed by atoms with Gasteiger partial charge < -0.3 is 14.8 Å². The Morgan fingerprint density at radius 3 is 2.40 bits per heavy atom. The van der Waals surface area contributed by atoms with Gasteiger partial charge in [0.05, 0.1) is 11.6 Å². The molecule has 0 aliphatic rings. The second kappa shape index (κ2) is 8.43. The number of ether oxygens (including phenoxy) is 2. The summed E-state index contributed by atoms with van der Waals surface area (Å²) in [5.74, 6) is -0.447. The van der Waals surface area contributed by atoms with E-state index in [0.29, 0.717) is 27.8 Å². The van der Waals surface area contributed by atoms with Crippen molar-refractivity contribution >= 4 is 34.0 Å². The molecule has 1 aromatic carbocycles. The van der Waals surface area contributed by atoms with Crippen molar-refractivity contribution in [2.45, 2.75) is 26.9 Å². The van der Waals surface area contributed by atoms with Crippen LogP contribution in [-0.4, -0.2) is 30.4 Å². The van der Waals surface area contributed by atoms with Gasteiger partial charge in [-0.1, -0.05) is 0 Å². The predicted molar refractivity (Wildman–Crippen MR) is 95.4 cm³/mol. The van der Waals surface area contributed by atoms with Crippen LogP contribution < -0.4 is 10.1 Å². The van der Waals surface area contributed by atoms with E-state index in [9.17, 15) is 14.4 Å². The first-order valence-corrected chi connectivity index (χ1v) is 8.57. The topological polar surface area (TPSA) is 81.7 Å². The Morgan fingerprint density at radius 1 is 1.12 bits per heavy atom. The Balaban J connectivity index is 1.98. The summed E-state index contributed by atoms with van der Waals surface area (Å²) < 4.78 is 10.6. The number of anilines is 1. The molecule has 7 heteroatoms. The molecule has 1 aromatic heterocycles. The summed E-state index contributed by atoms with van der Waals surface area (Å²) in [5, 5.41) is 3.14. The molecule has 6 nitrogen and oxygen atoms in total. The van der Waals surface area contributed by atoms with Crippen LogP contribution in [0.15, 0.2) is 36.4 Å². The van der Waals surface area contributed by atoms with E-state index in [1.807, 2.05) is 6.92 Å². The molecule has 1 amide bonds. The summed E-state index contributed by atoms with van der Waals surface area (Å²) in [6, 6.07) is 9.83. The van der Waals surface area contributed by atoms with E-state index in [1.165, 1.54) is 13.8 Å². The Bertz CT molecular complexity index is 766. The molecule has 25 heavy (non-hydrogen) atoms. The predicted octanol–water partition coefficient (Wildman–Crippen LogP) is 3.53. The number of hydrogen-bond donors (Lipinski definition) is 1. The molecule has 0 radical (unpaired) electrons. The zero-order valence-electron chi connectivity index (χ0n) is 14.2. The monoisotopic (exact) mass is 361 g/mol. The molecular formula is C18H19NO5S. The SMILES string of the molecule is CCOc1ccc(C(=O)[C@@H](C)OC(=O)c2ccc(NC(C)=O)s2)cc1. The smallest absolute Gasteiger partial charge is 0.349 e. The first-order chi connectivity index (χ1) is 11.9. The number of amides is 1. The lowest BCUT2D eigenvalue weighted by molar-refractivity contribution is -0.114. The number of esters is 1. The highest BCUT2D eigenvalue weighted by Gasteiger charge is 2.21. The first-order valence-electron chi connectivity index (χ1n) is 7.76. The van der Waals surface area contributed by atoms with Gasteiger partial charge in [-0.2, -0.15) is 0 Å². The molecule has 0 aliphatic carbocycles. The van der Waals surface area contributed by atoms with Crippen LogP contribution in [0, 0.1) is 0 Å². The van der Waals surface area contributed by atoms with Crippen molar-refractivity contribution in [1.29, 1.82) is 0 Å². The molecule has 1 N–H and O–H groups in total. The highest BCUT2D eigenvalue weighted by molar-refractivity contribution is 7.18. The first kappa shape index (κ1) is 18.7. The fourth-order valence-electron chi connectivity index (χ4n) is 2.08. The van der Waals surface area contributed by atoms with Crippen molar-refractivity contribution in [1.82, 2.24) is 0 Å². The number of carbonyl (C=O) groups excluding carboxylic acids is 3. The number of nitrogens with one attached hydrogen (secondary N) is 1. The second-order valence-corrected chi connectivity index (χ2v) is 6.30. The summed E-state index contributed by atoms with van der Waals surface area (Å²) in [4.78, 5) is 35.8. The quantitative estimate of drug-likeness (QED) is 0.603. The molecule has 0 spiro atoms.